The van der Waals surface area contributed by atoms with Crippen LogP contribution in [0, 0.1) is 0 Å². The monoisotopic (exact) mass is 268 g/mol. The van der Waals surface area contributed by atoms with Crippen LogP contribution in [0.2, 0.25) is 0 Å². The quantitative estimate of drug-likeness (QED) is 0.909. The van der Waals surface area contributed by atoms with E-state index in [4.69, 9.17) is 0 Å². The third-order valence-corrected chi connectivity index (χ3v) is 3.55. The minimum atomic E-state index is -0.145. The van der Waals surface area contributed by atoms with E-state index in [1.807, 2.05) is 17.0 Å². The molecule has 2 aromatic rings. The van der Waals surface area contributed by atoms with Crippen molar-refractivity contribution in [3.8, 4) is 0 Å². The lowest BCUT2D eigenvalue weighted by atomic mass is 10.1. The summed E-state index contributed by atoms with van der Waals surface area (Å²) in [6, 6.07) is 7.44. The molecule has 1 aliphatic rings. The number of hydrogen-bond donors (Lipinski definition) is 1. The minimum absolute atomic E-state index is 0.145. The first-order valence-electron chi connectivity index (χ1n) is 6.73. The van der Waals surface area contributed by atoms with Crippen molar-refractivity contribution >= 4 is 23.2 Å². The van der Waals surface area contributed by atoms with E-state index in [0.717, 1.165) is 17.9 Å². The fourth-order valence-electron chi connectivity index (χ4n) is 2.34. The molecule has 2 aromatic heterocycles. The van der Waals surface area contributed by atoms with Crippen molar-refractivity contribution in [2.75, 3.05) is 10.2 Å². The molecule has 0 bridgehead atoms. The summed E-state index contributed by atoms with van der Waals surface area (Å²) in [4.78, 5) is 23.2. The molecule has 0 saturated heterocycles. The molecule has 1 N–H and O–H groups in total. The highest BCUT2D eigenvalue weighted by atomic mass is 16.1. The standard InChI is InChI=1S/C15H16N4O/c1-3-10(2)19-13-11(6-4-8-16-13)15(20)18-12-7-5-9-17-14(12)19/h4-10H,3H2,1-2H3,(H,18,20)/t10-/m0/s1. The molecule has 1 aliphatic heterocycles. The number of carbonyl (C=O) groups is 1. The smallest absolute Gasteiger partial charge is 0.259 e. The van der Waals surface area contributed by atoms with Gasteiger partial charge in [0.05, 0.1) is 11.3 Å². The summed E-state index contributed by atoms with van der Waals surface area (Å²) < 4.78 is 0. The molecule has 1 amide bonds. The number of rotatable bonds is 2. The summed E-state index contributed by atoms with van der Waals surface area (Å²) in [6.45, 7) is 4.21. The Hall–Kier alpha value is -2.43. The van der Waals surface area contributed by atoms with Gasteiger partial charge in [-0.3, -0.25) is 4.79 Å². The van der Waals surface area contributed by atoms with E-state index in [1.165, 1.54) is 0 Å². The third kappa shape index (κ3) is 1.91. The van der Waals surface area contributed by atoms with Crippen molar-refractivity contribution in [1.82, 2.24) is 9.97 Å². The van der Waals surface area contributed by atoms with Crippen molar-refractivity contribution in [3.05, 3.63) is 42.2 Å². The van der Waals surface area contributed by atoms with E-state index in [1.54, 1.807) is 24.5 Å². The molecule has 0 fully saturated rings. The highest BCUT2D eigenvalue weighted by Gasteiger charge is 2.29. The van der Waals surface area contributed by atoms with Gasteiger partial charge in [0, 0.05) is 18.4 Å². The van der Waals surface area contributed by atoms with E-state index in [0.29, 0.717) is 11.4 Å². The Morgan fingerprint density at radius 1 is 1.20 bits per heavy atom. The lowest BCUT2D eigenvalue weighted by Gasteiger charge is -2.29. The first-order chi connectivity index (χ1) is 9.72. The zero-order valence-corrected chi connectivity index (χ0v) is 11.5. The lowest BCUT2D eigenvalue weighted by molar-refractivity contribution is 0.102. The molecule has 3 rings (SSSR count). The Kier molecular flexibility index (Phi) is 3.10. The summed E-state index contributed by atoms with van der Waals surface area (Å²) in [5.41, 5.74) is 1.29. The van der Waals surface area contributed by atoms with Crippen LogP contribution in [0.25, 0.3) is 0 Å². The van der Waals surface area contributed by atoms with Crippen LogP contribution < -0.4 is 10.2 Å². The van der Waals surface area contributed by atoms with E-state index < -0.39 is 0 Å². The molecule has 3 heterocycles. The molecule has 5 heteroatoms. The zero-order valence-electron chi connectivity index (χ0n) is 11.5. The van der Waals surface area contributed by atoms with Gasteiger partial charge in [-0.15, -0.1) is 0 Å². The van der Waals surface area contributed by atoms with Gasteiger partial charge in [0.15, 0.2) is 5.82 Å². The Bertz CT molecular complexity index is 656. The van der Waals surface area contributed by atoms with E-state index in [9.17, 15) is 4.79 Å². The summed E-state index contributed by atoms with van der Waals surface area (Å²) in [5.74, 6) is 1.26. The highest BCUT2D eigenvalue weighted by molar-refractivity contribution is 6.11. The van der Waals surface area contributed by atoms with Crippen LogP contribution in [0.4, 0.5) is 17.3 Å². The second-order valence-electron chi connectivity index (χ2n) is 4.83. The summed E-state index contributed by atoms with van der Waals surface area (Å²) >= 11 is 0. The van der Waals surface area contributed by atoms with Crippen molar-refractivity contribution in [2.45, 2.75) is 26.3 Å². The number of hydrogen-bond acceptors (Lipinski definition) is 4. The van der Waals surface area contributed by atoms with Crippen molar-refractivity contribution in [2.24, 2.45) is 0 Å². The van der Waals surface area contributed by atoms with Gasteiger partial charge in [0.25, 0.3) is 5.91 Å². The van der Waals surface area contributed by atoms with Crippen LogP contribution in [0.5, 0.6) is 0 Å². The van der Waals surface area contributed by atoms with Crippen molar-refractivity contribution < 1.29 is 4.79 Å². The molecule has 0 unspecified atom stereocenters. The molecule has 0 saturated carbocycles. The first-order valence-corrected chi connectivity index (χ1v) is 6.73. The molecule has 0 spiro atoms. The topological polar surface area (TPSA) is 58.1 Å². The van der Waals surface area contributed by atoms with Gasteiger partial charge in [-0.1, -0.05) is 6.92 Å². The summed E-state index contributed by atoms with van der Waals surface area (Å²) in [5, 5.41) is 2.90. The molecule has 1 atom stereocenters. The zero-order chi connectivity index (χ0) is 14.1. The van der Waals surface area contributed by atoms with Crippen molar-refractivity contribution in [3.63, 3.8) is 0 Å². The van der Waals surface area contributed by atoms with Crippen LogP contribution in [0.1, 0.15) is 30.6 Å². The van der Waals surface area contributed by atoms with Gasteiger partial charge in [0.1, 0.15) is 5.82 Å². The maximum absolute atomic E-state index is 12.3. The van der Waals surface area contributed by atoms with Crippen LogP contribution in [-0.4, -0.2) is 21.9 Å². The summed E-state index contributed by atoms with van der Waals surface area (Å²) in [7, 11) is 0. The average molecular weight is 268 g/mol. The second kappa shape index (κ2) is 4.92. The molecule has 0 aromatic carbocycles. The molecule has 20 heavy (non-hydrogen) atoms. The number of nitrogens with zero attached hydrogens (tertiary/aromatic N) is 3. The number of amides is 1. The first kappa shape index (κ1) is 12.6. The van der Waals surface area contributed by atoms with E-state index in [-0.39, 0.29) is 11.9 Å². The minimum Gasteiger partial charge on any atom is -0.319 e. The number of fused-ring (bicyclic) bond motifs is 2. The Morgan fingerprint density at radius 2 is 1.90 bits per heavy atom. The molecular formula is C15H16N4O. The van der Waals surface area contributed by atoms with Gasteiger partial charge in [-0.2, -0.15) is 0 Å². The number of nitrogens with one attached hydrogen (secondary N) is 1. The third-order valence-electron chi connectivity index (χ3n) is 3.55. The fraction of sp³-hybridized carbons (Fsp3) is 0.267. The predicted molar refractivity (Wildman–Crippen MR) is 78.3 cm³/mol. The molecule has 5 nitrogen and oxygen atoms in total. The number of anilines is 3. The SMILES string of the molecule is CC[C@H](C)N1c2ncccc2NC(=O)c2cccnc21. The number of carbonyl (C=O) groups excluding carboxylic acids is 1. The largest absolute Gasteiger partial charge is 0.319 e. The van der Waals surface area contributed by atoms with Crippen LogP contribution in [0.3, 0.4) is 0 Å². The Balaban J connectivity index is 2.26. The van der Waals surface area contributed by atoms with Gasteiger partial charge in [-0.25, -0.2) is 9.97 Å². The Labute approximate surface area is 117 Å². The average Bonchev–Trinajstić information content (AvgIpc) is 2.61. The van der Waals surface area contributed by atoms with Gasteiger partial charge >= 0.3 is 0 Å². The lowest BCUT2D eigenvalue weighted by Crippen LogP contribution is -2.29. The van der Waals surface area contributed by atoms with Crippen LogP contribution >= 0.6 is 0 Å². The van der Waals surface area contributed by atoms with E-state index in [2.05, 4.69) is 29.1 Å². The fourth-order valence-corrected chi connectivity index (χ4v) is 2.34. The number of aromatic nitrogens is 2. The van der Waals surface area contributed by atoms with Gasteiger partial charge < -0.3 is 10.2 Å². The maximum Gasteiger partial charge on any atom is 0.259 e. The molecule has 0 radical (unpaired) electrons. The van der Waals surface area contributed by atoms with Crippen LogP contribution in [-0.2, 0) is 0 Å². The highest BCUT2D eigenvalue weighted by Crippen LogP contribution is 2.36. The normalized spacial score (nSPS) is 14.9. The van der Waals surface area contributed by atoms with Gasteiger partial charge in [0.2, 0.25) is 0 Å². The molecule has 102 valence electrons. The van der Waals surface area contributed by atoms with E-state index >= 15 is 0 Å². The predicted octanol–water partition coefficient (Wildman–Crippen LogP) is 2.98. The Morgan fingerprint density at radius 3 is 2.65 bits per heavy atom. The van der Waals surface area contributed by atoms with Crippen LogP contribution in [0.15, 0.2) is 36.7 Å². The maximum atomic E-state index is 12.3. The van der Waals surface area contributed by atoms with Crippen molar-refractivity contribution in [1.29, 1.82) is 0 Å². The van der Waals surface area contributed by atoms with Gasteiger partial charge in [-0.05, 0) is 37.6 Å². The number of pyridine rings is 2. The summed E-state index contributed by atoms with van der Waals surface area (Å²) in [6.07, 6.45) is 4.37. The molecular weight excluding hydrogens is 252 g/mol. The molecule has 0 aliphatic carbocycles. The second-order valence-corrected chi connectivity index (χ2v) is 4.83.